The topological polar surface area (TPSA) is 72.8 Å². The molecule has 2 rings (SSSR count). The minimum absolute atomic E-state index is 0.0545. The highest BCUT2D eigenvalue weighted by molar-refractivity contribution is 7.86. The monoisotopic (exact) mass is 297 g/mol. The minimum Gasteiger partial charge on any atom is -0.290 e. The lowest BCUT2D eigenvalue weighted by molar-refractivity contribution is -0.110. The van der Waals surface area contributed by atoms with Gasteiger partial charge in [-0.1, -0.05) is 16.8 Å². The SMILES string of the molecule is O=C1C=CC(=NOS(=O)(=O)c2ccc(Cl)cc2)C=C1. The molecule has 98 valence electrons. The Morgan fingerprint density at radius 3 is 2.16 bits per heavy atom. The van der Waals surface area contributed by atoms with Crippen molar-refractivity contribution in [3.05, 3.63) is 53.6 Å². The second-order valence-corrected chi connectivity index (χ2v) is 5.53. The third-order valence-corrected chi connectivity index (χ3v) is 3.55. The Morgan fingerprint density at radius 1 is 1.00 bits per heavy atom. The van der Waals surface area contributed by atoms with Crippen LogP contribution in [0, 0.1) is 0 Å². The van der Waals surface area contributed by atoms with Crippen LogP contribution in [0.1, 0.15) is 0 Å². The molecule has 19 heavy (non-hydrogen) atoms. The highest BCUT2D eigenvalue weighted by Crippen LogP contribution is 2.16. The molecule has 0 saturated carbocycles. The van der Waals surface area contributed by atoms with Crippen molar-refractivity contribution in [2.24, 2.45) is 5.16 Å². The predicted molar refractivity (Wildman–Crippen MR) is 70.4 cm³/mol. The molecule has 5 nitrogen and oxygen atoms in total. The van der Waals surface area contributed by atoms with Crippen LogP contribution < -0.4 is 0 Å². The van der Waals surface area contributed by atoms with E-state index in [0.717, 1.165) is 0 Å². The van der Waals surface area contributed by atoms with Crippen LogP contribution in [0.2, 0.25) is 5.02 Å². The van der Waals surface area contributed by atoms with Gasteiger partial charge in [0.15, 0.2) is 5.78 Å². The van der Waals surface area contributed by atoms with Crippen molar-refractivity contribution in [3.63, 3.8) is 0 Å². The molecule has 0 aromatic heterocycles. The summed E-state index contributed by atoms with van der Waals surface area (Å²) in [6.07, 6.45) is 5.24. The average Bonchev–Trinajstić information content (AvgIpc) is 2.39. The lowest BCUT2D eigenvalue weighted by atomic mass is 10.2. The fourth-order valence-electron chi connectivity index (χ4n) is 1.24. The summed E-state index contributed by atoms with van der Waals surface area (Å²) in [5.41, 5.74) is 0.233. The first-order chi connectivity index (χ1) is 8.97. The van der Waals surface area contributed by atoms with Gasteiger partial charge < -0.3 is 0 Å². The first kappa shape index (κ1) is 13.5. The van der Waals surface area contributed by atoms with Gasteiger partial charge in [-0.25, -0.2) is 0 Å². The smallest absolute Gasteiger partial charge is 0.290 e. The van der Waals surface area contributed by atoms with Gasteiger partial charge in [0, 0.05) is 5.02 Å². The molecule has 1 aromatic carbocycles. The van der Waals surface area contributed by atoms with E-state index in [2.05, 4.69) is 9.44 Å². The molecule has 1 aliphatic carbocycles. The van der Waals surface area contributed by atoms with Crippen LogP contribution in [0.4, 0.5) is 0 Å². The van der Waals surface area contributed by atoms with Crippen molar-refractivity contribution in [3.8, 4) is 0 Å². The lowest BCUT2D eigenvalue weighted by Crippen LogP contribution is -2.05. The van der Waals surface area contributed by atoms with Crippen LogP contribution in [0.3, 0.4) is 0 Å². The van der Waals surface area contributed by atoms with E-state index in [0.29, 0.717) is 5.02 Å². The summed E-state index contributed by atoms with van der Waals surface area (Å²) in [7, 11) is -3.99. The number of carbonyl (C=O) groups excluding carboxylic acids is 1. The van der Waals surface area contributed by atoms with E-state index in [1.165, 1.54) is 48.6 Å². The van der Waals surface area contributed by atoms with Crippen LogP contribution in [0.5, 0.6) is 0 Å². The van der Waals surface area contributed by atoms with E-state index in [4.69, 9.17) is 11.6 Å². The number of carbonyl (C=O) groups is 1. The number of oxime groups is 1. The first-order valence-corrected chi connectivity index (χ1v) is 6.93. The van der Waals surface area contributed by atoms with Gasteiger partial charge >= 0.3 is 10.1 Å². The van der Waals surface area contributed by atoms with E-state index in [9.17, 15) is 13.2 Å². The molecule has 1 aliphatic rings. The summed E-state index contributed by atoms with van der Waals surface area (Å²) >= 11 is 5.66. The maximum absolute atomic E-state index is 11.8. The summed E-state index contributed by atoms with van der Waals surface area (Å²) in [6, 6.07) is 5.50. The molecule has 0 atom stereocenters. The summed E-state index contributed by atoms with van der Waals surface area (Å²) < 4.78 is 28.1. The van der Waals surface area contributed by atoms with Crippen molar-refractivity contribution in [2.45, 2.75) is 4.90 Å². The molecule has 0 bridgehead atoms. The second kappa shape index (κ2) is 5.38. The molecule has 0 aliphatic heterocycles. The summed E-state index contributed by atoms with van der Waals surface area (Å²) in [6.45, 7) is 0. The third-order valence-electron chi connectivity index (χ3n) is 2.18. The molecular formula is C12H8ClNO4S. The van der Waals surface area contributed by atoms with Gasteiger partial charge in [0.2, 0.25) is 0 Å². The van der Waals surface area contributed by atoms with Crippen LogP contribution in [-0.2, 0) is 19.2 Å². The van der Waals surface area contributed by atoms with Crippen molar-refractivity contribution in [2.75, 3.05) is 0 Å². The van der Waals surface area contributed by atoms with E-state index in [1.54, 1.807) is 0 Å². The molecule has 0 unspecified atom stereocenters. The minimum atomic E-state index is -3.99. The van der Waals surface area contributed by atoms with Crippen LogP contribution >= 0.6 is 11.6 Å². The fourth-order valence-corrected chi connectivity index (χ4v) is 2.11. The van der Waals surface area contributed by atoms with Gasteiger partial charge in [0.05, 0.1) is 0 Å². The third kappa shape index (κ3) is 3.52. The molecular weight excluding hydrogens is 290 g/mol. The van der Waals surface area contributed by atoms with Crippen molar-refractivity contribution in [1.29, 1.82) is 0 Å². The van der Waals surface area contributed by atoms with Gasteiger partial charge in [0.25, 0.3) is 0 Å². The Labute approximate surface area is 114 Å². The Hall–Kier alpha value is -1.92. The van der Waals surface area contributed by atoms with E-state index in [-0.39, 0.29) is 16.4 Å². The number of hydrogen-bond donors (Lipinski definition) is 0. The molecule has 0 N–H and O–H groups in total. The van der Waals surface area contributed by atoms with E-state index in [1.807, 2.05) is 0 Å². The molecule has 0 saturated heterocycles. The second-order valence-electron chi connectivity index (χ2n) is 3.57. The van der Waals surface area contributed by atoms with Gasteiger partial charge in [-0.15, -0.1) is 0 Å². The number of allylic oxidation sites excluding steroid dienone is 4. The summed E-state index contributed by atoms with van der Waals surface area (Å²) in [5.74, 6) is -0.195. The molecule has 0 radical (unpaired) electrons. The Bertz CT molecular complexity index is 669. The fraction of sp³-hybridized carbons (Fsp3) is 0. The van der Waals surface area contributed by atoms with Gasteiger partial charge in [-0.3, -0.25) is 9.08 Å². The quantitative estimate of drug-likeness (QED) is 0.632. The molecule has 1 aromatic rings. The van der Waals surface area contributed by atoms with Gasteiger partial charge in [-0.2, -0.15) is 8.42 Å². The Kier molecular flexibility index (Phi) is 3.82. The van der Waals surface area contributed by atoms with Crippen molar-refractivity contribution < 1.29 is 17.5 Å². The van der Waals surface area contributed by atoms with Crippen molar-refractivity contribution >= 4 is 33.2 Å². The number of benzene rings is 1. The number of hydrogen-bond acceptors (Lipinski definition) is 5. The largest absolute Gasteiger partial charge is 0.358 e. The standard InChI is InChI=1S/C12H8ClNO4S/c13-9-1-7-12(8-2-9)19(16,17)18-14-10-3-5-11(15)6-4-10/h1-8H. The van der Waals surface area contributed by atoms with Crippen LogP contribution in [0.25, 0.3) is 0 Å². The number of nitrogens with zero attached hydrogens (tertiary/aromatic N) is 1. The first-order valence-electron chi connectivity index (χ1n) is 5.15. The Balaban J connectivity index is 2.17. The Morgan fingerprint density at radius 2 is 1.58 bits per heavy atom. The normalized spacial score (nSPS) is 14.6. The van der Waals surface area contributed by atoms with Crippen molar-refractivity contribution in [1.82, 2.24) is 0 Å². The lowest BCUT2D eigenvalue weighted by Gasteiger charge is -2.03. The molecule has 0 heterocycles. The zero-order valence-corrected chi connectivity index (χ0v) is 11.1. The predicted octanol–water partition coefficient (Wildman–Crippen LogP) is 2.10. The average molecular weight is 298 g/mol. The molecule has 0 fully saturated rings. The van der Waals surface area contributed by atoms with Gasteiger partial charge in [-0.05, 0) is 48.6 Å². The number of halogens is 1. The summed E-state index contributed by atoms with van der Waals surface area (Å²) in [5, 5.41) is 3.88. The van der Waals surface area contributed by atoms with E-state index >= 15 is 0 Å². The molecule has 0 spiro atoms. The highest BCUT2D eigenvalue weighted by atomic mass is 35.5. The summed E-state index contributed by atoms with van der Waals surface area (Å²) in [4.78, 5) is 10.8. The maximum Gasteiger partial charge on any atom is 0.358 e. The number of rotatable bonds is 3. The maximum atomic E-state index is 11.8. The van der Waals surface area contributed by atoms with Gasteiger partial charge in [0.1, 0.15) is 10.6 Å². The molecule has 0 amide bonds. The van der Waals surface area contributed by atoms with Crippen LogP contribution in [0.15, 0.2) is 58.6 Å². The zero-order chi connectivity index (χ0) is 13.9. The van der Waals surface area contributed by atoms with E-state index < -0.39 is 10.1 Å². The highest BCUT2D eigenvalue weighted by Gasteiger charge is 2.15. The molecule has 7 heteroatoms. The zero-order valence-electron chi connectivity index (χ0n) is 9.49. The van der Waals surface area contributed by atoms with Crippen LogP contribution in [-0.4, -0.2) is 19.9 Å². The number of ketones is 1.